The van der Waals surface area contributed by atoms with Crippen LogP contribution in [0.15, 0.2) is 42.7 Å². The van der Waals surface area contributed by atoms with Gasteiger partial charge in [0.15, 0.2) is 0 Å². The SMILES string of the molecule is CC(C)CCNc1cnc(C(=O)N2CCC(Cc3ccccc3)CC2)cn1. The third-order valence-electron chi connectivity index (χ3n) is 5.17. The molecular weight excluding hydrogens is 336 g/mol. The first kappa shape index (κ1) is 19.3. The smallest absolute Gasteiger partial charge is 0.274 e. The molecule has 5 heteroatoms. The Morgan fingerprint density at radius 1 is 1.15 bits per heavy atom. The normalized spacial score (nSPS) is 15.1. The molecule has 0 spiro atoms. The molecule has 1 saturated heterocycles. The van der Waals surface area contributed by atoms with Gasteiger partial charge in [-0.15, -0.1) is 0 Å². The van der Waals surface area contributed by atoms with Crippen molar-refractivity contribution in [3.8, 4) is 0 Å². The Kier molecular flexibility index (Phi) is 6.80. The van der Waals surface area contributed by atoms with Crippen LogP contribution in [0.4, 0.5) is 5.82 Å². The molecule has 1 amide bonds. The van der Waals surface area contributed by atoms with Gasteiger partial charge in [0.1, 0.15) is 11.5 Å². The van der Waals surface area contributed by atoms with E-state index in [0.29, 0.717) is 17.5 Å². The number of piperidine rings is 1. The van der Waals surface area contributed by atoms with E-state index in [1.165, 1.54) is 5.56 Å². The van der Waals surface area contributed by atoms with Crippen molar-refractivity contribution in [2.24, 2.45) is 11.8 Å². The summed E-state index contributed by atoms with van der Waals surface area (Å²) < 4.78 is 0. The molecular formula is C22H30N4O. The summed E-state index contributed by atoms with van der Waals surface area (Å²) in [7, 11) is 0. The standard InChI is InChI=1S/C22H30N4O/c1-17(2)8-11-23-21-16-24-20(15-25-21)22(27)26-12-9-19(10-13-26)14-18-6-4-3-5-7-18/h3-7,15-17,19H,8-14H2,1-2H3,(H,23,25). The average molecular weight is 367 g/mol. The maximum Gasteiger partial charge on any atom is 0.274 e. The van der Waals surface area contributed by atoms with E-state index < -0.39 is 0 Å². The lowest BCUT2D eigenvalue weighted by molar-refractivity contribution is 0.0684. The zero-order valence-corrected chi connectivity index (χ0v) is 16.4. The van der Waals surface area contributed by atoms with Gasteiger partial charge in [-0.25, -0.2) is 9.97 Å². The minimum atomic E-state index is -0.00519. The minimum Gasteiger partial charge on any atom is -0.369 e. The number of likely N-dealkylation sites (tertiary alicyclic amines) is 1. The van der Waals surface area contributed by atoms with Crippen LogP contribution in [-0.2, 0) is 6.42 Å². The van der Waals surface area contributed by atoms with Crippen molar-refractivity contribution in [2.75, 3.05) is 25.0 Å². The van der Waals surface area contributed by atoms with Crippen LogP contribution in [0.25, 0.3) is 0 Å². The average Bonchev–Trinajstić information content (AvgIpc) is 2.69. The second kappa shape index (κ2) is 9.49. The van der Waals surface area contributed by atoms with E-state index in [1.807, 2.05) is 4.90 Å². The zero-order chi connectivity index (χ0) is 19.1. The highest BCUT2D eigenvalue weighted by Gasteiger charge is 2.24. The Labute approximate surface area is 162 Å². The molecule has 2 heterocycles. The minimum absolute atomic E-state index is 0.00519. The topological polar surface area (TPSA) is 58.1 Å². The fraction of sp³-hybridized carbons (Fsp3) is 0.500. The Bertz CT molecular complexity index is 707. The molecule has 1 aromatic carbocycles. The third-order valence-corrected chi connectivity index (χ3v) is 5.17. The van der Waals surface area contributed by atoms with Crippen LogP contribution < -0.4 is 5.32 Å². The molecule has 2 aromatic rings. The van der Waals surface area contributed by atoms with Crippen LogP contribution in [0.3, 0.4) is 0 Å². The Hall–Kier alpha value is -2.43. The molecule has 0 atom stereocenters. The number of nitrogens with one attached hydrogen (secondary N) is 1. The van der Waals surface area contributed by atoms with E-state index >= 15 is 0 Å². The number of hydrogen-bond acceptors (Lipinski definition) is 4. The first-order valence-electron chi connectivity index (χ1n) is 10.0. The zero-order valence-electron chi connectivity index (χ0n) is 16.4. The molecule has 1 aromatic heterocycles. The summed E-state index contributed by atoms with van der Waals surface area (Å²) in [5.41, 5.74) is 1.82. The second-order valence-electron chi connectivity index (χ2n) is 7.82. The van der Waals surface area contributed by atoms with Gasteiger partial charge in [-0.05, 0) is 43.1 Å². The number of carbonyl (C=O) groups excluding carboxylic acids is 1. The molecule has 0 unspecified atom stereocenters. The van der Waals surface area contributed by atoms with E-state index in [9.17, 15) is 4.79 Å². The van der Waals surface area contributed by atoms with E-state index in [4.69, 9.17) is 0 Å². The van der Waals surface area contributed by atoms with Crippen LogP contribution in [0, 0.1) is 11.8 Å². The lowest BCUT2D eigenvalue weighted by Gasteiger charge is -2.31. The number of carbonyl (C=O) groups is 1. The molecule has 0 bridgehead atoms. The Morgan fingerprint density at radius 3 is 2.52 bits per heavy atom. The number of hydrogen-bond donors (Lipinski definition) is 1. The molecule has 1 aliphatic rings. The molecule has 144 valence electrons. The largest absolute Gasteiger partial charge is 0.369 e. The molecule has 1 N–H and O–H groups in total. The summed E-state index contributed by atoms with van der Waals surface area (Å²) in [5, 5.41) is 3.25. The van der Waals surface area contributed by atoms with Gasteiger partial charge >= 0.3 is 0 Å². The van der Waals surface area contributed by atoms with Crippen molar-refractivity contribution in [3.63, 3.8) is 0 Å². The van der Waals surface area contributed by atoms with E-state index in [-0.39, 0.29) is 5.91 Å². The van der Waals surface area contributed by atoms with Gasteiger partial charge in [0, 0.05) is 19.6 Å². The van der Waals surface area contributed by atoms with Crippen molar-refractivity contribution in [2.45, 2.75) is 39.5 Å². The summed E-state index contributed by atoms with van der Waals surface area (Å²) >= 11 is 0. The molecule has 0 aliphatic carbocycles. The van der Waals surface area contributed by atoms with Crippen molar-refractivity contribution < 1.29 is 4.79 Å². The highest BCUT2D eigenvalue weighted by Crippen LogP contribution is 2.22. The van der Waals surface area contributed by atoms with Crippen LogP contribution in [0.2, 0.25) is 0 Å². The van der Waals surface area contributed by atoms with Gasteiger partial charge in [0.05, 0.1) is 12.4 Å². The Morgan fingerprint density at radius 2 is 1.89 bits per heavy atom. The number of benzene rings is 1. The van der Waals surface area contributed by atoms with Gasteiger partial charge in [-0.1, -0.05) is 44.2 Å². The number of aromatic nitrogens is 2. The summed E-state index contributed by atoms with van der Waals surface area (Å²) in [6.45, 7) is 6.85. The lowest BCUT2D eigenvalue weighted by atomic mass is 9.90. The fourth-order valence-corrected chi connectivity index (χ4v) is 3.47. The predicted octanol–water partition coefficient (Wildman–Crippen LogP) is 4.03. The number of anilines is 1. The quantitative estimate of drug-likeness (QED) is 0.804. The predicted molar refractivity (Wildman–Crippen MR) is 109 cm³/mol. The molecule has 5 nitrogen and oxygen atoms in total. The van der Waals surface area contributed by atoms with Crippen molar-refractivity contribution >= 4 is 11.7 Å². The highest BCUT2D eigenvalue weighted by atomic mass is 16.2. The second-order valence-corrected chi connectivity index (χ2v) is 7.82. The number of nitrogens with zero attached hydrogens (tertiary/aromatic N) is 3. The summed E-state index contributed by atoms with van der Waals surface area (Å²) in [4.78, 5) is 23.3. The number of rotatable bonds is 7. The summed E-state index contributed by atoms with van der Waals surface area (Å²) in [6, 6.07) is 10.6. The Balaban J connectivity index is 1.47. The molecule has 1 fully saturated rings. The maximum atomic E-state index is 12.7. The molecule has 1 aliphatic heterocycles. The molecule has 27 heavy (non-hydrogen) atoms. The summed E-state index contributed by atoms with van der Waals surface area (Å²) in [5.74, 6) is 2.02. The fourth-order valence-electron chi connectivity index (χ4n) is 3.47. The van der Waals surface area contributed by atoms with Gasteiger partial charge in [0.25, 0.3) is 5.91 Å². The maximum absolute atomic E-state index is 12.7. The summed E-state index contributed by atoms with van der Waals surface area (Å²) in [6.07, 6.45) is 7.53. The van der Waals surface area contributed by atoms with Crippen molar-refractivity contribution in [1.82, 2.24) is 14.9 Å². The third kappa shape index (κ3) is 5.78. The van der Waals surface area contributed by atoms with Crippen molar-refractivity contribution in [3.05, 3.63) is 54.0 Å². The van der Waals surface area contributed by atoms with Gasteiger partial charge in [-0.2, -0.15) is 0 Å². The molecule has 0 radical (unpaired) electrons. The van der Waals surface area contributed by atoms with Crippen LogP contribution in [-0.4, -0.2) is 40.4 Å². The van der Waals surface area contributed by atoms with E-state index in [0.717, 1.165) is 51.1 Å². The van der Waals surface area contributed by atoms with Gasteiger partial charge in [0.2, 0.25) is 0 Å². The monoisotopic (exact) mass is 366 g/mol. The molecule has 0 saturated carbocycles. The van der Waals surface area contributed by atoms with Gasteiger partial charge in [-0.3, -0.25) is 4.79 Å². The van der Waals surface area contributed by atoms with Gasteiger partial charge < -0.3 is 10.2 Å². The highest BCUT2D eigenvalue weighted by molar-refractivity contribution is 5.92. The van der Waals surface area contributed by atoms with Crippen LogP contribution in [0.5, 0.6) is 0 Å². The lowest BCUT2D eigenvalue weighted by Crippen LogP contribution is -2.39. The van der Waals surface area contributed by atoms with E-state index in [1.54, 1.807) is 12.4 Å². The first-order chi connectivity index (χ1) is 13.1. The number of amides is 1. The molecule has 3 rings (SSSR count). The van der Waals surface area contributed by atoms with Crippen LogP contribution in [0.1, 0.15) is 49.2 Å². The van der Waals surface area contributed by atoms with E-state index in [2.05, 4.69) is 59.5 Å². The van der Waals surface area contributed by atoms with Crippen molar-refractivity contribution in [1.29, 1.82) is 0 Å². The van der Waals surface area contributed by atoms with Crippen LogP contribution >= 0.6 is 0 Å². The first-order valence-corrected chi connectivity index (χ1v) is 10.0.